The topological polar surface area (TPSA) is 62.6 Å². The molecule has 2 rings (SSSR count). The van der Waals surface area contributed by atoms with Gasteiger partial charge >= 0.3 is 6.03 Å². The number of nitrogens with zero attached hydrogens (tertiary/aromatic N) is 4. The van der Waals surface area contributed by atoms with Crippen molar-refractivity contribution in [2.45, 2.75) is 26.3 Å². The van der Waals surface area contributed by atoms with Crippen LogP contribution in [0.25, 0.3) is 0 Å². The van der Waals surface area contributed by atoms with Gasteiger partial charge in [0.15, 0.2) is 0 Å². The van der Waals surface area contributed by atoms with Crippen molar-refractivity contribution in [1.29, 1.82) is 0 Å². The van der Waals surface area contributed by atoms with Crippen LogP contribution in [0, 0.1) is 5.92 Å². The van der Waals surface area contributed by atoms with Gasteiger partial charge in [0, 0.05) is 32.9 Å². The SMILES string of the molecule is CCCN(C)CC1CCN(C(=O)Nc2cnn(CCOC)c2)C1. The molecule has 130 valence electrons. The van der Waals surface area contributed by atoms with Crippen molar-refractivity contribution in [3.63, 3.8) is 0 Å². The van der Waals surface area contributed by atoms with E-state index in [1.807, 2.05) is 11.1 Å². The lowest BCUT2D eigenvalue weighted by Gasteiger charge is -2.21. The third-order valence-electron chi connectivity index (χ3n) is 4.16. The summed E-state index contributed by atoms with van der Waals surface area (Å²) in [7, 11) is 3.81. The number of rotatable bonds is 8. The Morgan fingerprint density at radius 1 is 1.57 bits per heavy atom. The lowest BCUT2D eigenvalue weighted by molar-refractivity contribution is 0.183. The van der Waals surface area contributed by atoms with Crippen molar-refractivity contribution in [2.75, 3.05) is 52.3 Å². The van der Waals surface area contributed by atoms with Crippen LogP contribution in [0.5, 0.6) is 0 Å². The van der Waals surface area contributed by atoms with Crippen molar-refractivity contribution in [2.24, 2.45) is 5.92 Å². The maximum absolute atomic E-state index is 12.3. The number of amides is 2. The molecule has 1 unspecified atom stereocenters. The van der Waals surface area contributed by atoms with Gasteiger partial charge in [0.1, 0.15) is 0 Å². The fourth-order valence-electron chi connectivity index (χ4n) is 3.02. The molecule has 1 aromatic rings. The van der Waals surface area contributed by atoms with E-state index in [4.69, 9.17) is 4.74 Å². The summed E-state index contributed by atoms with van der Waals surface area (Å²) in [6.45, 7) is 7.32. The van der Waals surface area contributed by atoms with Crippen LogP contribution in [0.3, 0.4) is 0 Å². The van der Waals surface area contributed by atoms with Crippen molar-refractivity contribution >= 4 is 11.7 Å². The number of carbonyl (C=O) groups excluding carboxylic acids is 1. The first-order valence-corrected chi connectivity index (χ1v) is 8.38. The average molecular weight is 323 g/mol. The van der Waals surface area contributed by atoms with Crippen LogP contribution in [0.15, 0.2) is 12.4 Å². The second-order valence-corrected chi connectivity index (χ2v) is 6.28. The molecule has 2 amide bonds. The summed E-state index contributed by atoms with van der Waals surface area (Å²) in [6.07, 6.45) is 5.75. The average Bonchev–Trinajstić information content (AvgIpc) is 3.15. The van der Waals surface area contributed by atoms with Gasteiger partial charge in [-0.25, -0.2) is 4.79 Å². The first-order chi connectivity index (χ1) is 11.1. The van der Waals surface area contributed by atoms with Crippen molar-refractivity contribution in [3.05, 3.63) is 12.4 Å². The van der Waals surface area contributed by atoms with Gasteiger partial charge in [-0.1, -0.05) is 6.92 Å². The minimum atomic E-state index is -0.0306. The molecular weight excluding hydrogens is 294 g/mol. The van der Waals surface area contributed by atoms with Gasteiger partial charge in [-0.3, -0.25) is 4.68 Å². The van der Waals surface area contributed by atoms with E-state index in [2.05, 4.69) is 29.3 Å². The Morgan fingerprint density at radius 2 is 2.39 bits per heavy atom. The van der Waals surface area contributed by atoms with Gasteiger partial charge in [-0.2, -0.15) is 5.10 Å². The Balaban J connectivity index is 1.77. The predicted molar refractivity (Wildman–Crippen MR) is 90.6 cm³/mol. The number of hydrogen-bond acceptors (Lipinski definition) is 4. The van der Waals surface area contributed by atoms with E-state index >= 15 is 0 Å². The van der Waals surface area contributed by atoms with Gasteiger partial charge in [0.2, 0.25) is 0 Å². The summed E-state index contributed by atoms with van der Waals surface area (Å²) in [6, 6.07) is -0.0306. The van der Waals surface area contributed by atoms with E-state index in [-0.39, 0.29) is 6.03 Å². The fraction of sp³-hybridized carbons (Fsp3) is 0.750. The first kappa shape index (κ1) is 17.7. The first-order valence-electron chi connectivity index (χ1n) is 8.38. The molecule has 0 aliphatic carbocycles. The van der Waals surface area contributed by atoms with Crippen molar-refractivity contribution < 1.29 is 9.53 Å². The minimum absolute atomic E-state index is 0.0306. The van der Waals surface area contributed by atoms with Gasteiger partial charge in [0.05, 0.1) is 25.0 Å². The molecule has 0 radical (unpaired) electrons. The highest BCUT2D eigenvalue weighted by atomic mass is 16.5. The third-order valence-corrected chi connectivity index (χ3v) is 4.16. The number of anilines is 1. The smallest absolute Gasteiger partial charge is 0.321 e. The maximum Gasteiger partial charge on any atom is 0.321 e. The monoisotopic (exact) mass is 323 g/mol. The summed E-state index contributed by atoms with van der Waals surface area (Å²) in [5.74, 6) is 0.571. The van der Waals surface area contributed by atoms with Crippen LogP contribution in [0.1, 0.15) is 19.8 Å². The molecule has 1 saturated heterocycles. The maximum atomic E-state index is 12.3. The molecule has 1 aromatic heterocycles. The second-order valence-electron chi connectivity index (χ2n) is 6.28. The fourth-order valence-corrected chi connectivity index (χ4v) is 3.02. The molecule has 0 saturated carbocycles. The number of ether oxygens (including phenoxy) is 1. The largest absolute Gasteiger partial charge is 0.383 e. The zero-order valence-corrected chi connectivity index (χ0v) is 14.5. The number of urea groups is 1. The molecule has 0 bridgehead atoms. The molecule has 1 aliphatic heterocycles. The van der Waals surface area contributed by atoms with E-state index in [0.29, 0.717) is 19.1 Å². The highest BCUT2D eigenvalue weighted by Gasteiger charge is 2.27. The van der Waals surface area contributed by atoms with E-state index in [0.717, 1.165) is 38.3 Å². The Labute approximate surface area is 138 Å². The molecule has 7 heteroatoms. The van der Waals surface area contributed by atoms with E-state index < -0.39 is 0 Å². The number of methoxy groups -OCH3 is 1. The van der Waals surface area contributed by atoms with Crippen LogP contribution in [-0.2, 0) is 11.3 Å². The Hall–Kier alpha value is -1.60. The molecule has 0 aromatic carbocycles. The predicted octanol–water partition coefficient (Wildman–Crippen LogP) is 1.73. The van der Waals surface area contributed by atoms with Gasteiger partial charge in [0.25, 0.3) is 0 Å². The Bertz CT molecular complexity index is 491. The van der Waals surface area contributed by atoms with E-state index in [1.165, 1.54) is 6.42 Å². The number of nitrogens with one attached hydrogen (secondary N) is 1. The molecule has 1 aliphatic rings. The molecule has 1 N–H and O–H groups in total. The van der Waals surface area contributed by atoms with E-state index in [1.54, 1.807) is 18.0 Å². The van der Waals surface area contributed by atoms with Crippen LogP contribution >= 0.6 is 0 Å². The van der Waals surface area contributed by atoms with Crippen LogP contribution < -0.4 is 5.32 Å². The summed E-state index contributed by atoms with van der Waals surface area (Å²) < 4.78 is 6.79. The van der Waals surface area contributed by atoms with Crippen LogP contribution in [0.4, 0.5) is 10.5 Å². The third kappa shape index (κ3) is 5.51. The van der Waals surface area contributed by atoms with Crippen LogP contribution in [-0.4, -0.2) is 72.6 Å². The minimum Gasteiger partial charge on any atom is -0.383 e. The van der Waals surface area contributed by atoms with Crippen molar-refractivity contribution in [1.82, 2.24) is 19.6 Å². The summed E-state index contributed by atoms with van der Waals surface area (Å²) in [5, 5.41) is 7.13. The quantitative estimate of drug-likeness (QED) is 0.791. The molecule has 1 atom stereocenters. The summed E-state index contributed by atoms with van der Waals surface area (Å²) in [5.41, 5.74) is 0.734. The van der Waals surface area contributed by atoms with Gasteiger partial charge < -0.3 is 19.9 Å². The number of aromatic nitrogens is 2. The zero-order valence-electron chi connectivity index (χ0n) is 14.5. The summed E-state index contributed by atoms with van der Waals surface area (Å²) in [4.78, 5) is 16.6. The molecule has 7 nitrogen and oxygen atoms in total. The molecular formula is C16H29N5O2. The lowest BCUT2D eigenvalue weighted by atomic mass is 10.1. The summed E-state index contributed by atoms with van der Waals surface area (Å²) >= 11 is 0. The van der Waals surface area contributed by atoms with Gasteiger partial charge in [-0.15, -0.1) is 0 Å². The van der Waals surface area contributed by atoms with Crippen LogP contribution in [0.2, 0.25) is 0 Å². The van der Waals surface area contributed by atoms with Crippen molar-refractivity contribution in [3.8, 4) is 0 Å². The Kier molecular flexibility index (Phi) is 6.85. The highest BCUT2D eigenvalue weighted by Crippen LogP contribution is 2.18. The molecule has 23 heavy (non-hydrogen) atoms. The second kappa shape index (κ2) is 8.88. The standard InChI is InChI=1S/C16H29N5O2/c1-4-6-19(2)11-14-5-7-20(12-14)16(22)18-15-10-17-21(13-15)8-9-23-3/h10,13-14H,4-9,11-12H2,1-3H3,(H,18,22). The highest BCUT2D eigenvalue weighted by molar-refractivity contribution is 5.89. The number of likely N-dealkylation sites (tertiary alicyclic amines) is 1. The lowest BCUT2D eigenvalue weighted by Crippen LogP contribution is -2.34. The molecule has 1 fully saturated rings. The van der Waals surface area contributed by atoms with E-state index in [9.17, 15) is 4.79 Å². The number of carbonyl (C=O) groups is 1. The molecule has 0 spiro atoms. The normalized spacial score (nSPS) is 17.9. The molecule has 2 heterocycles. The van der Waals surface area contributed by atoms with Gasteiger partial charge in [-0.05, 0) is 32.4 Å². The zero-order chi connectivity index (χ0) is 16.7. The number of hydrogen-bond donors (Lipinski definition) is 1. The Morgan fingerprint density at radius 3 is 3.13 bits per heavy atom.